The fourth-order valence-corrected chi connectivity index (χ4v) is 9.83. The zero-order valence-corrected chi connectivity index (χ0v) is 32.9. The molecule has 13 nitrogen and oxygen atoms in total. The van der Waals surface area contributed by atoms with Crippen molar-refractivity contribution in [3.8, 4) is 5.75 Å². The van der Waals surface area contributed by atoms with E-state index in [4.69, 9.17) is 9.47 Å². The molecule has 0 bridgehead atoms. The van der Waals surface area contributed by atoms with Crippen LogP contribution in [0.15, 0.2) is 35.1 Å². The Hall–Kier alpha value is -4.28. The molecule has 0 unspecified atom stereocenters. The number of hydrogen-bond donors (Lipinski definition) is 3. The summed E-state index contributed by atoms with van der Waals surface area (Å²) < 4.78 is 41.7. The van der Waals surface area contributed by atoms with Crippen LogP contribution < -0.4 is 25.8 Å². The van der Waals surface area contributed by atoms with Crippen molar-refractivity contribution in [1.82, 2.24) is 25.1 Å². The number of H-pyrrole nitrogens is 1. The Morgan fingerprint density at radius 2 is 1.70 bits per heavy atom. The van der Waals surface area contributed by atoms with Crippen LogP contribution in [0.1, 0.15) is 63.6 Å². The molecule has 3 N–H and O–H groups in total. The number of nitrogens with one attached hydrogen (secondary N) is 3. The van der Waals surface area contributed by atoms with Crippen LogP contribution in [-0.4, -0.2) is 114 Å². The number of piperidine rings is 3. The maximum absolute atomic E-state index is 15.2. The van der Waals surface area contributed by atoms with E-state index >= 15 is 8.78 Å². The largest absolute Gasteiger partial charge is 0.493 e. The molecule has 5 aliphatic rings. The number of amides is 3. The third-order valence-electron chi connectivity index (χ3n) is 12.2. The SMILES string of the molecule is O=C1CC[C@@H](Nc2ccc(N3CCC(N4CC(CC(=O)N5CCC(COc6cc(F)c7c(=O)[nH]c(CSC8CCOCC8)nc7c6)CC5)C4)CC3)c(F)c2)C(=O)N1. The Morgan fingerprint density at radius 3 is 2.44 bits per heavy atom. The highest BCUT2D eigenvalue weighted by Crippen LogP contribution is 2.32. The Labute approximate surface area is 334 Å². The molecule has 5 fully saturated rings. The molecule has 306 valence electrons. The Balaban J connectivity index is 0.736. The van der Waals surface area contributed by atoms with Gasteiger partial charge in [0.25, 0.3) is 5.56 Å². The molecular formula is C41H51F2N7O6S. The van der Waals surface area contributed by atoms with Gasteiger partial charge in [-0.05, 0) is 75.0 Å². The van der Waals surface area contributed by atoms with Gasteiger partial charge in [0.15, 0.2) is 0 Å². The number of carbonyl (C=O) groups excluding carboxylic acids is 3. The number of aromatic amines is 1. The van der Waals surface area contributed by atoms with E-state index in [1.165, 1.54) is 12.1 Å². The average Bonchev–Trinajstić information content (AvgIpc) is 3.19. The summed E-state index contributed by atoms with van der Waals surface area (Å²) in [4.78, 5) is 63.2. The molecule has 8 rings (SSSR count). The number of imide groups is 1. The standard InChI is InChI=1S/C41H51F2N7O6S/c42-31-18-27(44-33-2-4-37(51)47-40(33)53)1-3-35(31)48-13-7-28(8-14-48)50-21-26(22-50)17-38(52)49-11-5-25(6-12-49)23-56-29-19-32(43)39-34(20-29)45-36(46-41(39)54)24-57-30-9-15-55-16-10-30/h1,3,18-20,25-26,28,30,33,44H,2,4-17,21-24H2,(H,45,46,54)(H,47,51,53)/t33-/m1/s1. The number of benzene rings is 2. The summed E-state index contributed by atoms with van der Waals surface area (Å²) in [5.41, 5.74) is 0.864. The van der Waals surface area contributed by atoms with Crippen molar-refractivity contribution in [3.05, 3.63) is 58.1 Å². The number of aromatic nitrogens is 2. The fraction of sp³-hybridized carbons (Fsp3) is 0.585. The predicted molar refractivity (Wildman–Crippen MR) is 213 cm³/mol. The number of carbonyl (C=O) groups is 3. The summed E-state index contributed by atoms with van der Waals surface area (Å²) in [5, 5.41) is 5.74. The molecule has 1 atom stereocenters. The van der Waals surface area contributed by atoms with Crippen molar-refractivity contribution >= 4 is 51.8 Å². The van der Waals surface area contributed by atoms with E-state index in [1.54, 1.807) is 30.0 Å². The molecule has 1 aromatic heterocycles. The van der Waals surface area contributed by atoms with Gasteiger partial charge in [-0.1, -0.05) is 0 Å². The topological polar surface area (TPSA) is 149 Å². The highest BCUT2D eigenvalue weighted by atomic mass is 32.2. The molecule has 5 saturated heterocycles. The van der Waals surface area contributed by atoms with Gasteiger partial charge in [0.05, 0.1) is 23.6 Å². The van der Waals surface area contributed by atoms with Gasteiger partial charge in [-0.15, -0.1) is 0 Å². The minimum Gasteiger partial charge on any atom is -0.493 e. The summed E-state index contributed by atoms with van der Waals surface area (Å²) in [6.07, 6.45) is 6.56. The number of fused-ring (bicyclic) bond motifs is 1. The number of nitrogens with zero attached hydrogens (tertiary/aromatic N) is 4. The van der Waals surface area contributed by atoms with Gasteiger partial charge in [0, 0.05) is 94.4 Å². The molecular weight excluding hydrogens is 757 g/mol. The van der Waals surface area contributed by atoms with Gasteiger partial charge < -0.3 is 29.6 Å². The maximum Gasteiger partial charge on any atom is 0.261 e. The van der Waals surface area contributed by atoms with Gasteiger partial charge in [-0.3, -0.25) is 29.4 Å². The lowest BCUT2D eigenvalue weighted by atomic mass is 9.90. The Bertz CT molecular complexity index is 2010. The van der Waals surface area contributed by atoms with E-state index in [2.05, 4.69) is 30.4 Å². The predicted octanol–water partition coefficient (Wildman–Crippen LogP) is 4.44. The van der Waals surface area contributed by atoms with E-state index in [0.717, 1.165) is 77.9 Å². The highest BCUT2D eigenvalue weighted by molar-refractivity contribution is 7.99. The summed E-state index contributed by atoms with van der Waals surface area (Å²) in [6.45, 7) is 6.50. The smallest absolute Gasteiger partial charge is 0.261 e. The second-order valence-electron chi connectivity index (χ2n) is 16.1. The van der Waals surface area contributed by atoms with Crippen molar-refractivity contribution in [2.75, 3.05) is 69.3 Å². The molecule has 0 saturated carbocycles. The molecule has 6 heterocycles. The molecule has 57 heavy (non-hydrogen) atoms. The Kier molecular flexibility index (Phi) is 12.3. The lowest BCUT2D eigenvalue weighted by molar-refractivity contribution is -0.136. The van der Waals surface area contributed by atoms with Gasteiger partial charge >= 0.3 is 0 Å². The minimum absolute atomic E-state index is 0.0621. The first kappa shape index (κ1) is 39.5. The van der Waals surface area contributed by atoms with Crippen LogP contribution in [0.5, 0.6) is 5.75 Å². The summed E-state index contributed by atoms with van der Waals surface area (Å²) in [6, 6.07) is 7.70. The zero-order chi connectivity index (χ0) is 39.5. The summed E-state index contributed by atoms with van der Waals surface area (Å²) >= 11 is 1.73. The van der Waals surface area contributed by atoms with Crippen molar-refractivity contribution in [2.24, 2.45) is 11.8 Å². The quantitative estimate of drug-likeness (QED) is 0.223. The normalized spacial score (nSPS) is 22.1. The summed E-state index contributed by atoms with van der Waals surface area (Å²) in [7, 11) is 0. The van der Waals surface area contributed by atoms with Crippen LogP contribution in [0, 0.1) is 23.5 Å². The number of anilines is 2. The summed E-state index contributed by atoms with van der Waals surface area (Å²) in [5.74, 6) is 0.505. The van der Waals surface area contributed by atoms with Crippen LogP contribution in [0.2, 0.25) is 0 Å². The van der Waals surface area contributed by atoms with Gasteiger partial charge in [0.1, 0.15) is 34.6 Å². The average molecular weight is 808 g/mol. The molecule has 3 aromatic rings. The monoisotopic (exact) mass is 807 g/mol. The molecule has 0 radical (unpaired) electrons. The molecule has 5 aliphatic heterocycles. The highest BCUT2D eigenvalue weighted by Gasteiger charge is 2.37. The number of rotatable bonds is 12. The van der Waals surface area contributed by atoms with Gasteiger partial charge in [-0.2, -0.15) is 11.8 Å². The van der Waals surface area contributed by atoms with E-state index in [0.29, 0.717) is 78.4 Å². The van der Waals surface area contributed by atoms with Crippen LogP contribution in [-0.2, 0) is 24.9 Å². The second kappa shape index (κ2) is 17.7. The lowest BCUT2D eigenvalue weighted by Gasteiger charge is -2.48. The first-order valence-electron chi connectivity index (χ1n) is 20.4. The third-order valence-corrected chi connectivity index (χ3v) is 13.5. The van der Waals surface area contributed by atoms with Crippen molar-refractivity contribution in [3.63, 3.8) is 0 Å². The van der Waals surface area contributed by atoms with E-state index < -0.39 is 17.4 Å². The molecule has 0 aliphatic carbocycles. The zero-order valence-electron chi connectivity index (χ0n) is 32.1. The first-order chi connectivity index (χ1) is 27.6. The molecule has 16 heteroatoms. The first-order valence-corrected chi connectivity index (χ1v) is 21.4. The van der Waals surface area contributed by atoms with Gasteiger partial charge in [0.2, 0.25) is 17.7 Å². The van der Waals surface area contributed by atoms with Crippen LogP contribution in [0.3, 0.4) is 0 Å². The van der Waals surface area contributed by atoms with Crippen LogP contribution >= 0.6 is 11.8 Å². The molecule has 0 spiro atoms. The van der Waals surface area contributed by atoms with E-state index in [-0.39, 0.29) is 46.8 Å². The van der Waals surface area contributed by atoms with E-state index in [9.17, 15) is 19.2 Å². The number of hydrogen-bond acceptors (Lipinski definition) is 11. The number of thioether (sulfide) groups is 1. The number of ether oxygens (including phenoxy) is 2. The maximum atomic E-state index is 15.2. The van der Waals surface area contributed by atoms with E-state index in [1.807, 2.05) is 4.90 Å². The molecule has 3 amide bonds. The van der Waals surface area contributed by atoms with Crippen LogP contribution in [0.4, 0.5) is 20.2 Å². The third kappa shape index (κ3) is 9.55. The minimum atomic E-state index is -0.652. The fourth-order valence-electron chi connectivity index (χ4n) is 8.77. The van der Waals surface area contributed by atoms with Crippen molar-refractivity contribution in [1.29, 1.82) is 0 Å². The second-order valence-corrected chi connectivity index (χ2v) is 17.4. The number of halogens is 2. The Morgan fingerprint density at radius 1 is 0.930 bits per heavy atom. The van der Waals surface area contributed by atoms with Gasteiger partial charge in [-0.25, -0.2) is 13.8 Å². The number of likely N-dealkylation sites (tertiary alicyclic amines) is 2. The van der Waals surface area contributed by atoms with Crippen LogP contribution in [0.25, 0.3) is 10.9 Å². The lowest BCUT2D eigenvalue weighted by Crippen LogP contribution is -2.56. The molecule has 2 aromatic carbocycles. The van der Waals surface area contributed by atoms with Crippen molar-refractivity contribution in [2.45, 2.75) is 80.9 Å². The van der Waals surface area contributed by atoms with Crippen molar-refractivity contribution < 1.29 is 32.6 Å².